The number of thiophene rings is 1. The maximum atomic E-state index is 8.22. The van der Waals surface area contributed by atoms with Crippen LogP contribution in [0.4, 0.5) is 0 Å². The quantitative estimate of drug-likeness (QED) is 0.418. The fourth-order valence-electron chi connectivity index (χ4n) is 0.474. The van der Waals surface area contributed by atoms with Gasteiger partial charge >= 0.3 is 0 Å². The van der Waals surface area contributed by atoms with Crippen molar-refractivity contribution in [3.05, 3.63) is 21.3 Å². The van der Waals surface area contributed by atoms with Crippen LogP contribution in [0.3, 0.4) is 0 Å². The van der Waals surface area contributed by atoms with Gasteiger partial charge in [-0.1, -0.05) is 28.4 Å². The predicted molar refractivity (Wildman–Crippen MR) is 43.5 cm³/mol. The van der Waals surface area contributed by atoms with Gasteiger partial charge in [-0.3, -0.25) is 0 Å². The summed E-state index contributed by atoms with van der Waals surface area (Å²) in [5, 5.41) is 11.1. The van der Waals surface area contributed by atoms with Crippen molar-refractivity contribution in [3.63, 3.8) is 0 Å². The largest absolute Gasteiger partial charge is 0.410 e. The molecule has 10 heavy (non-hydrogen) atoms. The molecule has 0 aliphatic carbocycles. The van der Waals surface area contributed by atoms with Crippen LogP contribution in [0.2, 0.25) is 4.34 Å². The lowest BCUT2D eigenvalue weighted by Crippen LogP contribution is -1.83. The van der Waals surface area contributed by atoms with E-state index in [2.05, 4.69) is 5.16 Å². The minimum atomic E-state index is 0.0666. The summed E-state index contributed by atoms with van der Waals surface area (Å²) in [6.45, 7) is 0. The van der Waals surface area contributed by atoms with Gasteiger partial charge in [0, 0.05) is 0 Å². The van der Waals surface area contributed by atoms with Crippen LogP contribution in [-0.2, 0) is 0 Å². The van der Waals surface area contributed by atoms with Gasteiger partial charge in [-0.05, 0) is 12.1 Å². The molecule has 1 N–H and O–H groups in total. The Hall–Kier alpha value is -0.250. The summed E-state index contributed by atoms with van der Waals surface area (Å²) in [6.07, 6.45) is 0. The second kappa shape index (κ2) is 3.23. The Morgan fingerprint density at radius 3 is 2.70 bits per heavy atom. The number of hydrogen-bond donors (Lipinski definition) is 1. The first kappa shape index (κ1) is 7.85. The molecule has 0 saturated heterocycles. The third-order valence-electron chi connectivity index (χ3n) is 0.864. The fraction of sp³-hybridized carbons (Fsp3) is 0. The molecule has 0 atom stereocenters. The lowest BCUT2D eigenvalue weighted by Gasteiger charge is -1.84. The van der Waals surface area contributed by atoms with E-state index in [4.69, 9.17) is 28.4 Å². The van der Waals surface area contributed by atoms with E-state index in [0.29, 0.717) is 9.21 Å². The molecule has 1 aromatic heterocycles. The molecule has 0 bridgehead atoms. The van der Waals surface area contributed by atoms with Crippen LogP contribution < -0.4 is 0 Å². The highest BCUT2D eigenvalue weighted by molar-refractivity contribution is 7.19. The lowest BCUT2D eigenvalue weighted by atomic mass is 10.5. The summed E-state index contributed by atoms with van der Waals surface area (Å²) in [5.41, 5.74) is 0. The molecule has 0 spiro atoms. The van der Waals surface area contributed by atoms with Crippen molar-refractivity contribution in [2.45, 2.75) is 0 Å². The molecule has 0 saturated carbocycles. The SMILES string of the molecule is O/N=C(/Cl)c1ccc(Cl)s1. The Balaban J connectivity index is 2.95. The predicted octanol–water partition coefficient (Wildman–Crippen LogP) is 2.78. The van der Waals surface area contributed by atoms with Gasteiger partial charge in [-0.25, -0.2) is 0 Å². The van der Waals surface area contributed by atoms with Crippen LogP contribution in [0, 0.1) is 0 Å². The molecule has 1 rings (SSSR count). The van der Waals surface area contributed by atoms with Crippen LogP contribution in [0.15, 0.2) is 17.3 Å². The average Bonchev–Trinajstić information content (AvgIpc) is 2.34. The van der Waals surface area contributed by atoms with Gasteiger partial charge in [0.2, 0.25) is 0 Å². The van der Waals surface area contributed by atoms with E-state index < -0.39 is 0 Å². The second-order valence-electron chi connectivity index (χ2n) is 1.49. The van der Waals surface area contributed by atoms with Crippen molar-refractivity contribution < 1.29 is 5.21 Å². The van der Waals surface area contributed by atoms with Crippen molar-refractivity contribution in [2.75, 3.05) is 0 Å². The fourth-order valence-corrected chi connectivity index (χ4v) is 1.57. The first-order valence-corrected chi connectivity index (χ1v) is 3.94. The second-order valence-corrected chi connectivity index (χ2v) is 3.57. The summed E-state index contributed by atoms with van der Waals surface area (Å²) in [6, 6.07) is 3.38. The van der Waals surface area contributed by atoms with Crippen molar-refractivity contribution in [3.8, 4) is 0 Å². The van der Waals surface area contributed by atoms with Crippen LogP contribution in [-0.4, -0.2) is 10.4 Å². The van der Waals surface area contributed by atoms with E-state index in [-0.39, 0.29) is 5.17 Å². The monoisotopic (exact) mass is 195 g/mol. The Kier molecular flexibility index (Phi) is 2.54. The zero-order valence-electron chi connectivity index (χ0n) is 4.71. The number of hydrogen-bond acceptors (Lipinski definition) is 3. The molecule has 0 aliphatic rings. The van der Waals surface area contributed by atoms with Crippen molar-refractivity contribution in [1.29, 1.82) is 0 Å². The summed E-state index contributed by atoms with van der Waals surface area (Å²) < 4.78 is 0.622. The molecule has 0 amide bonds. The smallest absolute Gasteiger partial charge is 0.185 e. The molecule has 2 nitrogen and oxygen atoms in total. The molecule has 0 unspecified atom stereocenters. The van der Waals surface area contributed by atoms with Crippen LogP contribution in [0.25, 0.3) is 0 Å². The van der Waals surface area contributed by atoms with Gasteiger partial charge in [0.15, 0.2) is 5.17 Å². The molecule has 5 heteroatoms. The zero-order chi connectivity index (χ0) is 7.56. The van der Waals surface area contributed by atoms with Crippen LogP contribution in [0.1, 0.15) is 4.88 Å². The molecule has 0 radical (unpaired) electrons. The van der Waals surface area contributed by atoms with Gasteiger partial charge in [-0.15, -0.1) is 11.3 Å². The van der Waals surface area contributed by atoms with Crippen molar-refractivity contribution in [2.24, 2.45) is 5.16 Å². The minimum Gasteiger partial charge on any atom is -0.410 e. The minimum absolute atomic E-state index is 0.0666. The zero-order valence-corrected chi connectivity index (χ0v) is 7.04. The Labute approximate surface area is 71.7 Å². The average molecular weight is 196 g/mol. The summed E-state index contributed by atoms with van der Waals surface area (Å²) in [7, 11) is 0. The summed E-state index contributed by atoms with van der Waals surface area (Å²) in [4.78, 5) is 0.661. The third kappa shape index (κ3) is 1.62. The van der Waals surface area contributed by atoms with E-state index in [9.17, 15) is 0 Å². The van der Waals surface area contributed by atoms with Gasteiger partial charge in [0.1, 0.15) is 0 Å². The normalized spacial score (nSPS) is 12.0. The third-order valence-corrected chi connectivity index (χ3v) is 2.49. The molecular weight excluding hydrogens is 193 g/mol. The highest BCUT2D eigenvalue weighted by atomic mass is 35.5. The topological polar surface area (TPSA) is 32.6 Å². The molecule has 0 fully saturated rings. The van der Waals surface area contributed by atoms with Crippen molar-refractivity contribution in [1.82, 2.24) is 0 Å². The van der Waals surface area contributed by atoms with E-state index in [1.165, 1.54) is 11.3 Å². The maximum Gasteiger partial charge on any atom is 0.185 e. The first-order chi connectivity index (χ1) is 4.74. The highest BCUT2D eigenvalue weighted by Crippen LogP contribution is 2.22. The van der Waals surface area contributed by atoms with Crippen LogP contribution >= 0.6 is 34.5 Å². The highest BCUT2D eigenvalue weighted by Gasteiger charge is 2.02. The summed E-state index contributed by atoms with van der Waals surface area (Å²) in [5.74, 6) is 0. The van der Waals surface area contributed by atoms with Crippen LogP contribution in [0.5, 0.6) is 0 Å². The number of oxime groups is 1. The van der Waals surface area contributed by atoms with Crippen molar-refractivity contribution >= 4 is 39.7 Å². The molecule has 1 aromatic rings. The van der Waals surface area contributed by atoms with E-state index in [1.807, 2.05) is 0 Å². The maximum absolute atomic E-state index is 8.22. The van der Waals surface area contributed by atoms with Gasteiger partial charge in [0.05, 0.1) is 9.21 Å². The Bertz CT molecular complexity index is 258. The van der Waals surface area contributed by atoms with E-state index in [1.54, 1.807) is 12.1 Å². The molecular formula is C5H3Cl2NOS. The Morgan fingerprint density at radius 1 is 1.60 bits per heavy atom. The van der Waals surface area contributed by atoms with Gasteiger partial charge in [-0.2, -0.15) is 0 Å². The van der Waals surface area contributed by atoms with Gasteiger partial charge < -0.3 is 5.21 Å². The van der Waals surface area contributed by atoms with E-state index in [0.717, 1.165) is 0 Å². The number of halogens is 2. The lowest BCUT2D eigenvalue weighted by molar-refractivity contribution is 0.321. The molecule has 0 aromatic carbocycles. The Morgan fingerprint density at radius 2 is 2.30 bits per heavy atom. The molecule has 0 aliphatic heterocycles. The number of nitrogens with zero attached hydrogens (tertiary/aromatic N) is 1. The number of rotatable bonds is 1. The standard InChI is InChI=1S/C5H3Cl2NOS/c6-4-2-1-3(10-4)5(7)8-9/h1-2,9H/b8-5+. The first-order valence-electron chi connectivity index (χ1n) is 2.37. The molecule has 1 heterocycles. The summed E-state index contributed by atoms with van der Waals surface area (Å²) >= 11 is 12.3. The van der Waals surface area contributed by atoms with Gasteiger partial charge in [0.25, 0.3) is 0 Å². The molecule has 54 valence electrons. The van der Waals surface area contributed by atoms with E-state index >= 15 is 0 Å².